The molecule has 3 unspecified atom stereocenters. The van der Waals surface area contributed by atoms with E-state index in [1.807, 2.05) is 12.2 Å². The van der Waals surface area contributed by atoms with E-state index in [1.165, 1.54) is 4.90 Å². The molecule has 0 aromatic heterocycles. The quantitative estimate of drug-likeness (QED) is 0.543. The number of rotatable bonds is 2. The van der Waals surface area contributed by atoms with Gasteiger partial charge in [-0.3, -0.25) is 4.90 Å². The van der Waals surface area contributed by atoms with Crippen molar-refractivity contribution < 1.29 is 19.4 Å². The molecule has 1 fully saturated rings. The molecule has 2 rings (SSSR count). The molecule has 0 spiro atoms. The number of esters is 1. The molecule has 15 heavy (non-hydrogen) atoms. The minimum atomic E-state index is -1.05. The van der Waals surface area contributed by atoms with Crippen LogP contribution in [0.25, 0.3) is 0 Å². The normalized spacial score (nSPS) is 32.1. The predicted molar refractivity (Wildman–Crippen MR) is 51.3 cm³/mol. The van der Waals surface area contributed by atoms with Crippen LogP contribution in [-0.2, 0) is 9.53 Å². The highest BCUT2D eigenvalue weighted by Gasteiger charge is 2.49. The molecule has 0 saturated carbocycles. The number of amides is 1. The van der Waals surface area contributed by atoms with Gasteiger partial charge in [0.25, 0.3) is 0 Å². The number of hydrogen-bond acceptors (Lipinski definition) is 3. The molecule has 5 heteroatoms. The third-order valence-corrected chi connectivity index (χ3v) is 2.91. The van der Waals surface area contributed by atoms with Crippen molar-refractivity contribution in [2.24, 2.45) is 5.92 Å². The Hall–Kier alpha value is -1.52. The number of carboxylic acid groups (broad SMARTS) is 1. The number of ether oxygens (including phenoxy) is 1. The van der Waals surface area contributed by atoms with Crippen LogP contribution in [-0.4, -0.2) is 40.8 Å². The Morgan fingerprint density at radius 2 is 2.27 bits per heavy atom. The highest BCUT2D eigenvalue weighted by atomic mass is 16.5. The summed E-state index contributed by atoms with van der Waals surface area (Å²) in [6, 6.07) is -0.792. The third kappa shape index (κ3) is 1.48. The fourth-order valence-electron chi connectivity index (χ4n) is 2.34. The highest BCUT2D eigenvalue weighted by molar-refractivity contribution is 5.83. The van der Waals surface area contributed by atoms with Gasteiger partial charge < -0.3 is 9.84 Å². The SMILES string of the molecule is CCOC(=O)C1C2C=CC(C2)N1C(=O)O. The van der Waals surface area contributed by atoms with E-state index in [-0.39, 0.29) is 18.6 Å². The van der Waals surface area contributed by atoms with Crippen molar-refractivity contribution in [1.82, 2.24) is 4.90 Å². The van der Waals surface area contributed by atoms with Gasteiger partial charge >= 0.3 is 12.1 Å². The first-order chi connectivity index (χ1) is 7.15. The molecule has 1 heterocycles. The number of likely N-dealkylation sites (tertiary alicyclic amines) is 1. The predicted octanol–water partition coefficient (Wildman–Crippen LogP) is 0.856. The Labute approximate surface area is 87.3 Å². The standard InChI is InChI=1S/C10H13NO4/c1-2-15-9(12)8-6-3-4-7(5-6)11(8)10(13)14/h3-4,6-8H,2,5H2,1H3,(H,13,14). The fraction of sp³-hybridized carbons (Fsp3) is 0.600. The van der Waals surface area contributed by atoms with Gasteiger partial charge in [-0.2, -0.15) is 0 Å². The summed E-state index contributed by atoms with van der Waals surface area (Å²) in [5.74, 6) is -0.443. The second-order valence-electron chi connectivity index (χ2n) is 3.74. The van der Waals surface area contributed by atoms with Crippen molar-refractivity contribution in [2.75, 3.05) is 6.61 Å². The number of hydrogen-bond donors (Lipinski definition) is 1. The molecule has 2 aliphatic rings. The van der Waals surface area contributed by atoms with Gasteiger partial charge in [0.05, 0.1) is 12.6 Å². The Bertz CT molecular complexity index is 325. The van der Waals surface area contributed by atoms with Crippen molar-refractivity contribution >= 4 is 12.1 Å². The number of fused-ring (bicyclic) bond motifs is 2. The maximum atomic E-state index is 11.6. The molecule has 1 saturated heterocycles. The van der Waals surface area contributed by atoms with Gasteiger partial charge in [-0.1, -0.05) is 12.2 Å². The number of carbonyl (C=O) groups excluding carboxylic acids is 1. The monoisotopic (exact) mass is 211 g/mol. The molecule has 0 radical (unpaired) electrons. The minimum absolute atomic E-state index is 0.00912. The Morgan fingerprint density at radius 1 is 1.53 bits per heavy atom. The second kappa shape index (κ2) is 3.56. The first-order valence-corrected chi connectivity index (χ1v) is 5.01. The lowest BCUT2D eigenvalue weighted by atomic mass is 10.0. The van der Waals surface area contributed by atoms with E-state index in [1.54, 1.807) is 6.92 Å². The molecular weight excluding hydrogens is 198 g/mol. The molecule has 3 atom stereocenters. The van der Waals surface area contributed by atoms with Gasteiger partial charge in [-0.15, -0.1) is 0 Å². The summed E-state index contributed by atoms with van der Waals surface area (Å²) in [4.78, 5) is 23.8. The van der Waals surface area contributed by atoms with Gasteiger partial charge in [0.1, 0.15) is 6.04 Å². The zero-order chi connectivity index (χ0) is 11.0. The van der Waals surface area contributed by atoms with Crippen molar-refractivity contribution in [3.05, 3.63) is 12.2 Å². The summed E-state index contributed by atoms with van der Waals surface area (Å²) in [7, 11) is 0. The van der Waals surface area contributed by atoms with E-state index in [4.69, 9.17) is 9.84 Å². The van der Waals surface area contributed by atoms with Crippen LogP contribution in [0.2, 0.25) is 0 Å². The maximum absolute atomic E-state index is 11.6. The molecule has 1 amide bonds. The molecule has 2 bridgehead atoms. The van der Waals surface area contributed by atoms with Crippen LogP contribution >= 0.6 is 0 Å². The van der Waals surface area contributed by atoms with Gasteiger partial charge in [0.15, 0.2) is 0 Å². The van der Waals surface area contributed by atoms with E-state index in [0.717, 1.165) is 0 Å². The fourth-order valence-corrected chi connectivity index (χ4v) is 2.34. The largest absolute Gasteiger partial charge is 0.465 e. The number of carbonyl (C=O) groups is 2. The summed E-state index contributed by atoms with van der Waals surface area (Å²) >= 11 is 0. The summed E-state index contributed by atoms with van der Waals surface area (Å²) in [5.41, 5.74) is 0. The van der Waals surface area contributed by atoms with Crippen LogP contribution in [0.4, 0.5) is 4.79 Å². The second-order valence-corrected chi connectivity index (χ2v) is 3.74. The molecular formula is C10H13NO4. The average Bonchev–Trinajstić information content (AvgIpc) is 2.76. The van der Waals surface area contributed by atoms with Crippen molar-refractivity contribution in [3.8, 4) is 0 Å². The smallest absolute Gasteiger partial charge is 0.408 e. The molecule has 0 aromatic carbocycles. The van der Waals surface area contributed by atoms with Crippen LogP contribution in [0.15, 0.2) is 12.2 Å². The zero-order valence-corrected chi connectivity index (χ0v) is 8.42. The van der Waals surface area contributed by atoms with Crippen LogP contribution < -0.4 is 0 Å². The topological polar surface area (TPSA) is 66.8 Å². The molecule has 5 nitrogen and oxygen atoms in total. The van der Waals surface area contributed by atoms with Crippen LogP contribution in [0.1, 0.15) is 13.3 Å². The molecule has 1 N–H and O–H groups in total. The number of nitrogens with zero attached hydrogens (tertiary/aromatic N) is 1. The van der Waals surface area contributed by atoms with Crippen LogP contribution in [0, 0.1) is 5.92 Å². The summed E-state index contributed by atoms with van der Waals surface area (Å²) < 4.78 is 4.88. The van der Waals surface area contributed by atoms with E-state index in [2.05, 4.69) is 0 Å². The van der Waals surface area contributed by atoms with E-state index in [0.29, 0.717) is 6.42 Å². The first kappa shape index (κ1) is 10.0. The maximum Gasteiger partial charge on any atom is 0.408 e. The lowest BCUT2D eigenvalue weighted by Crippen LogP contribution is -2.47. The molecule has 82 valence electrons. The molecule has 0 aromatic rings. The minimum Gasteiger partial charge on any atom is -0.465 e. The molecule has 1 aliphatic heterocycles. The van der Waals surface area contributed by atoms with Crippen molar-refractivity contribution in [3.63, 3.8) is 0 Å². The van der Waals surface area contributed by atoms with Crippen molar-refractivity contribution in [1.29, 1.82) is 0 Å². The highest BCUT2D eigenvalue weighted by Crippen LogP contribution is 2.37. The van der Waals surface area contributed by atoms with E-state index >= 15 is 0 Å². The average molecular weight is 211 g/mol. The summed E-state index contributed by atoms with van der Waals surface area (Å²) in [6.07, 6.45) is 3.40. The molecule has 1 aliphatic carbocycles. The summed E-state index contributed by atoms with van der Waals surface area (Å²) in [6.45, 7) is 2.00. The van der Waals surface area contributed by atoms with Crippen molar-refractivity contribution in [2.45, 2.75) is 25.4 Å². The first-order valence-electron chi connectivity index (χ1n) is 5.01. The Balaban J connectivity index is 2.19. The lowest BCUT2D eigenvalue weighted by molar-refractivity contribution is -0.149. The van der Waals surface area contributed by atoms with E-state index in [9.17, 15) is 9.59 Å². The van der Waals surface area contributed by atoms with Gasteiger partial charge in [-0.05, 0) is 13.3 Å². The Morgan fingerprint density at radius 3 is 2.87 bits per heavy atom. The third-order valence-electron chi connectivity index (χ3n) is 2.91. The van der Waals surface area contributed by atoms with E-state index < -0.39 is 18.1 Å². The van der Waals surface area contributed by atoms with Gasteiger partial charge in [-0.25, -0.2) is 9.59 Å². The van der Waals surface area contributed by atoms with Gasteiger partial charge in [0, 0.05) is 5.92 Å². The Kier molecular flexibility index (Phi) is 2.38. The van der Waals surface area contributed by atoms with Crippen LogP contribution in [0.5, 0.6) is 0 Å². The summed E-state index contributed by atoms with van der Waals surface area (Å²) in [5, 5.41) is 9.01. The van der Waals surface area contributed by atoms with Gasteiger partial charge in [0.2, 0.25) is 0 Å². The zero-order valence-electron chi connectivity index (χ0n) is 8.42. The van der Waals surface area contributed by atoms with Crippen LogP contribution in [0.3, 0.4) is 0 Å². The lowest BCUT2D eigenvalue weighted by Gasteiger charge is -2.28.